The number of anilines is 1. The second-order valence-electron chi connectivity index (χ2n) is 6.72. The zero-order chi connectivity index (χ0) is 24.0. The molecule has 1 N–H and O–H groups in total. The number of carbonyl (C=O) groups excluding carboxylic acids is 4. The van der Waals surface area contributed by atoms with E-state index in [0.29, 0.717) is 11.3 Å². The van der Waals surface area contributed by atoms with Gasteiger partial charge in [-0.25, -0.2) is 14.4 Å². The summed E-state index contributed by atoms with van der Waals surface area (Å²) in [6, 6.07) is 13.0. The first-order valence-corrected chi connectivity index (χ1v) is 10.5. The summed E-state index contributed by atoms with van der Waals surface area (Å²) in [7, 11) is 2.39. The lowest BCUT2D eigenvalue weighted by Gasteiger charge is -2.10. The van der Waals surface area contributed by atoms with Crippen molar-refractivity contribution in [1.82, 2.24) is 0 Å². The van der Waals surface area contributed by atoms with Crippen molar-refractivity contribution in [3.05, 3.63) is 58.5 Å². The van der Waals surface area contributed by atoms with Gasteiger partial charge in [-0.1, -0.05) is 36.4 Å². The van der Waals surface area contributed by atoms with Crippen LogP contribution in [0.3, 0.4) is 0 Å². The number of thiophene rings is 1. The fraction of sp³-hybridized carbons (Fsp3) is 0.217. The highest BCUT2D eigenvalue weighted by molar-refractivity contribution is 7.18. The minimum atomic E-state index is -0.746. The molecule has 0 bridgehead atoms. The lowest BCUT2D eigenvalue weighted by molar-refractivity contribution is -0.149. The van der Waals surface area contributed by atoms with Crippen LogP contribution in [0.25, 0.3) is 10.8 Å². The number of hydrogen-bond donors (Lipinski definition) is 1. The zero-order valence-electron chi connectivity index (χ0n) is 18.1. The molecule has 3 aromatic rings. The summed E-state index contributed by atoms with van der Waals surface area (Å²) in [5, 5.41) is 4.37. The number of fused-ring (bicyclic) bond motifs is 1. The van der Waals surface area contributed by atoms with Gasteiger partial charge in [-0.3, -0.25) is 4.79 Å². The van der Waals surface area contributed by atoms with Crippen molar-refractivity contribution in [2.24, 2.45) is 0 Å². The van der Waals surface area contributed by atoms with Crippen molar-refractivity contribution in [1.29, 1.82) is 0 Å². The fourth-order valence-electron chi connectivity index (χ4n) is 3.05. The van der Waals surface area contributed by atoms with Gasteiger partial charge in [0.2, 0.25) is 0 Å². The zero-order valence-corrected chi connectivity index (χ0v) is 18.9. The van der Waals surface area contributed by atoms with Gasteiger partial charge in [-0.2, -0.15) is 0 Å². The molecule has 9 nitrogen and oxygen atoms in total. The first-order valence-electron chi connectivity index (χ1n) is 9.71. The highest BCUT2D eigenvalue weighted by Crippen LogP contribution is 2.34. The predicted octanol–water partition coefficient (Wildman–Crippen LogP) is 3.34. The summed E-state index contributed by atoms with van der Waals surface area (Å²) < 4.78 is 19.9. The Hall–Kier alpha value is -3.92. The Morgan fingerprint density at radius 2 is 1.61 bits per heavy atom. The maximum atomic E-state index is 12.3. The molecule has 0 fully saturated rings. The van der Waals surface area contributed by atoms with Crippen LogP contribution in [0.1, 0.15) is 25.6 Å². The summed E-state index contributed by atoms with van der Waals surface area (Å²) in [5.74, 6) is -2.31. The van der Waals surface area contributed by atoms with Crippen LogP contribution in [0.15, 0.2) is 42.5 Å². The lowest BCUT2D eigenvalue weighted by Crippen LogP contribution is -2.24. The molecule has 1 amide bonds. The van der Waals surface area contributed by atoms with E-state index in [0.717, 1.165) is 22.1 Å². The van der Waals surface area contributed by atoms with Crippen LogP contribution in [-0.4, -0.2) is 51.2 Å². The maximum Gasteiger partial charge on any atom is 0.348 e. The van der Waals surface area contributed by atoms with Gasteiger partial charge >= 0.3 is 17.9 Å². The van der Waals surface area contributed by atoms with Gasteiger partial charge in [0.1, 0.15) is 15.6 Å². The van der Waals surface area contributed by atoms with Gasteiger partial charge in [0.25, 0.3) is 5.91 Å². The predicted molar refractivity (Wildman–Crippen MR) is 121 cm³/mol. The molecule has 172 valence electrons. The number of hydrogen-bond acceptors (Lipinski definition) is 9. The first-order chi connectivity index (χ1) is 15.8. The minimum absolute atomic E-state index is 0.0295. The van der Waals surface area contributed by atoms with Crippen LogP contribution in [0.5, 0.6) is 5.75 Å². The normalized spacial score (nSPS) is 10.4. The van der Waals surface area contributed by atoms with E-state index in [1.807, 2.05) is 30.3 Å². The summed E-state index contributed by atoms with van der Waals surface area (Å²) in [4.78, 5) is 48.5. The number of amides is 1. The van der Waals surface area contributed by atoms with Gasteiger partial charge in [0.05, 0.1) is 19.8 Å². The van der Waals surface area contributed by atoms with Gasteiger partial charge in [0.15, 0.2) is 13.2 Å². The Balaban J connectivity index is 1.60. The second-order valence-corrected chi connectivity index (χ2v) is 7.74. The van der Waals surface area contributed by atoms with E-state index in [1.54, 1.807) is 12.1 Å². The molecule has 0 aliphatic carbocycles. The number of nitrogens with one attached hydrogen (secondary N) is 1. The first kappa shape index (κ1) is 23.7. The molecule has 0 atom stereocenters. The van der Waals surface area contributed by atoms with E-state index in [2.05, 4.69) is 5.32 Å². The third-order valence-corrected chi connectivity index (χ3v) is 5.81. The highest BCUT2D eigenvalue weighted by atomic mass is 32.1. The minimum Gasteiger partial charge on any atom is -0.481 e. The molecule has 0 aliphatic rings. The van der Waals surface area contributed by atoms with Crippen LogP contribution >= 0.6 is 11.3 Å². The van der Waals surface area contributed by atoms with Gasteiger partial charge in [0, 0.05) is 5.39 Å². The molecule has 33 heavy (non-hydrogen) atoms. The van der Waals surface area contributed by atoms with E-state index in [1.165, 1.54) is 21.1 Å². The van der Waals surface area contributed by atoms with E-state index < -0.39 is 30.4 Å². The molecular formula is C23H21NO8S. The Morgan fingerprint density at radius 3 is 2.33 bits per heavy atom. The van der Waals surface area contributed by atoms with Crippen LogP contribution in [0.4, 0.5) is 5.00 Å². The van der Waals surface area contributed by atoms with Gasteiger partial charge in [-0.05, 0) is 23.9 Å². The van der Waals surface area contributed by atoms with Crippen molar-refractivity contribution in [3.63, 3.8) is 0 Å². The van der Waals surface area contributed by atoms with Crippen LogP contribution in [0.2, 0.25) is 0 Å². The average molecular weight is 471 g/mol. The molecule has 1 aromatic heterocycles. The summed E-state index contributed by atoms with van der Waals surface area (Å²) in [6.07, 6.45) is 0. The quantitative estimate of drug-likeness (QED) is 0.393. The fourth-order valence-corrected chi connectivity index (χ4v) is 4.17. The topological polar surface area (TPSA) is 117 Å². The number of methoxy groups -OCH3 is 2. The molecule has 0 spiro atoms. The van der Waals surface area contributed by atoms with Crippen LogP contribution in [0, 0.1) is 6.92 Å². The molecular weight excluding hydrogens is 450 g/mol. The average Bonchev–Trinajstić information content (AvgIpc) is 3.15. The van der Waals surface area contributed by atoms with Crippen molar-refractivity contribution in [2.45, 2.75) is 6.92 Å². The molecule has 1 heterocycles. The lowest BCUT2D eigenvalue weighted by atomic mass is 10.1. The number of rotatable bonds is 8. The van der Waals surface area contributed by atoms with E-state index >= 15 is 0 Å². The molecule has 0 saturated carbocycles. The largest absolute Gasteiger partial charge is 0.481 e. The number of ether oxygens (including phenoxy) is 4. The number of benzene rings is 2. The second kappa shape index (κ2) is 10.6. The molecule has 3 rings (SSSR count). The van der Waals surface area contributed by atoms with Gasteiger partial charge in [-0.15, -0.1) is 11.3 Å². The number of carbonyl (C=O) groups is 4. The van der Waals surface area contributed by atoms with Gasteiger partial charge < -0.3 is 24.3 Å². The van der Waals surface area contributed by atoms with E-state index in [9.17, 15) is 19.2 Å². The molecule has 0 unspecified atom stereocenters. The van der Waals surface area contributed by atoms with Crippen LogP contribution in [-0.2, 0) is 23.8 Å². The summed E-state index contributed by atoms with van der Waals surface area (Å²) in [6.45, 7) is 0.539. The van der Waals surface area contributed by atoms with E-state index in [4.69, 9.17) is 18.9 Å². The molecule has 2 aromatic carbocycles. The summed E-state index contributed by atoms with van der Waals surface area (Å²) >= 11 is 0.861. The maximum absolute atomic E-state index is 12.3. The van der Waals surface area contributed by atoms with Crippen molar-refractivity contribution in [2.75, 3.05) is 32.8 Å². The van der Waals surface area contributed by atoms with Crippen molar-refractivity contribution >= 4 is 50.9 Å². The van der Waals surface area contributed by atoms with Crippen molar-refractivity contribution < 1.29 is 38.1 Å². The highest BCUT2D eigenvalue weighted by Gasteiger charge is 2.27. The molecule has 0 saturated heterocycles. The smallest absolute Gasteiger partial charge is 0.348 e. The van der Waals surface area contributed by atoms with E-state index in [-0.39, 0.29) is 22.0 Å². The number of esters is 3. The SMILES string of the molecule is COC(=O)c1sc(NC(=O)COC(=O)COc2cccc3ccccc23)c(C(=O)OC)c1C. The Bertz CT molecular complexity index is 1210. The molecule has 10 heteroatoms. The Labute approximate surface area is 193 Å². The molecule has 0 radical (unpaired) electrons. The standard InChI is InChI=1S/C23H21NO8S/c1-13-19(22(27)29-2)21(33-20(13)23(28)30-3)24-17(25)11-32-18(26)12-31-16-10-6-8-14-7-4-5-9-15(14)16/h4-10H,11-12H2,1-3H3,(H,24,25). The third kappa shape index (κ3) is 5.47. The Morgan fingerprint density at radius 1 is 0.909 bits per heavy atom. The van der Waals surface area contributed by atoms with Crippen molar-refractivity contribution in [3.8, 4) is 5.75 Å². The monoisotopic (exact) mass is 471 g/mol. The Kier molecular flexibility index (Phi) is 7.62. The molecule has 0 aliphatic heterocycles. The van der Waals surface area contributed by atoms with Crippen LogP contribution < -0.4 is 10.1 Å². The summed E-state index contributed by atoms with van der Waals surface area (Å²) in [5.41, 5.74) is 0.344. The third-order valence-electron chi connectivity index (χ3n) is 4.62.